The van der Waals surface area contributed by atoms with Gasteiger partial charge in [-0.1, -0.05) is 54.6 Å². The Morgan fingerprint density at radius 1 is 1.10 bits per heavy atom. The Labute approximate surface area is 125 Å². The Bertz CT molecular complexity index is 660. The molecule has 0 saturated carbocycles. The smallest absolute Gasteiger partial charge is 0.191 e. The van der Waals surface area contributed by atoms with Crippen molar-refractivity contribution in [1.29, 1.82) is 0 Å². The monoisotopic (exact) mass is 279 g/mol. The Morgan fingerprint density at radius 2 is 1.86 bits per heavy atom. The number of rotatable bonds is 3. The first-order valence-corrected chi connectivity index (χ1v) is 7.45. The van der Waals surface area contributed by atoms with Gasteiger partial charge in [-0.05, 0) is 29.2 Å². The van der Waals surface area contributed by atoms with E-state index in [4.69, 9.17) is 0 Å². The van der Waals surface area contributed by atoms with Gasteiger partial charge < -0.3 is 10.6 Å². The Hall–Kier alpha value is -2.29. The number of guanidine groups is 1. The Morgan fingerprint density at radius 3 is 2.67 bits per heavy atom. The van der Waals surface area contributed by atoms with Gasteiger partial charge in [0, 0.05) is 19.6 Å². The topological polar surface area (TPSA) is 36.4 Å². The SMILES string of the molecule is CN=C(NCc1cccc2ccccc12)NC1CC=CC1. The fourth-order valence-corrected chi connectivity index (χ4v) is 2.75. The number of nitrogens with one attached hydrogen (secondary N) is 2. The van der Waals surface area contributed by atoms with Gasteiger partial charge in [0.1, 0.15) is 0 Å². The number of hydrogen-bond donors (Lipinski definition) is 2. The lowest BCUT2D eigenvalue weighted by atomic mass is 10.0. The third-order valence-electron chi connectivity index (χ3n) is 3.90. The molecule has 2 aromatic carbocycles. The maximum Gasteiger partial charge on any atom is 0.191 e. The van der Waals surface area contributed by atoms with Crippen LogP contribution in [0.15, 0.2) is 59.6 Å². The molecule has 3 nitrogen and oxygen atoms in total. The normalized spacial score (nSPS) is 15.6. The van der Waals surface area contributed by atoms with Crippen LogP contribution in [0, 0.1) is 0 Å². The molecule has 0 atom stereocenters. The van der Waals surface area contributed by atoms with Crippen LogP contribution in [0.4, 0.5) is 0 Å². The van der Waals surface area contributed by atoms with Crippen LogP contribution in [0.1, 0.15) is 18.4 Å². The summed E-state index contributed by atoms with van der Waals surface area (Å²) in [7, 11) is 1.82. The largest absolute Gasteiger partial charge is 0.353 e. The first-order valence-electron chi connectivity index (χ1n) is 7.45. The van der Waals surface area contributed by atoms with Gasteiger partial charge in [0.05, 0.1) is 0 Å². The van der Waals surface area contributed by atoms with Gasteiger partial charge in [0.25, 0.3) is 0 Å². The summed E-state index contributed by atoms with van der Waals surface area (Å²) in [6.07, 6.45) is 6.59. The van der Waals surface area contributed by atoms with E-state index in [1.807, 2.05) is 7.05 Å². The van der Waals surface area contributed by atoms with Crippen molar-refractivity contribution in [2.75, 3.05) is 7.05 Å². The van der Waals surface area contributed by atoms with Crippen LogP contribution in [0.2, 0.25) is 0 Å². The summed E-state index contributed by atoms with van der Waals surface area (Å²) in [4.78, 5) is 4.31. The van der Waals surface area contributed by atoms with Crippen molar-refractivity contribution in [2.45, 2.75) is 25.4 Å². The Kier molecular flexibility index (Phi) is 4.20. The third kappa shape index (κ3) is 3.24. The van der Waals surface area contributed by atoms with Gasteiger partial charge in [-0.3, -0.25) is 4.99 Å². The molecule has 2 aromatic rings. The van der Waals surface area contributed by atoms with Gasteiger partial charge in [-0.25, -0.2) is 0 Å². The molecule has 0 bridgehead atoms. The molecule has 0 fully saturated rings. The highest BCUT2D eigenvalue weighted by molar-refractivity contribution is 5.86. The number of benzene rings is 2. The summed E-state index contributed by atoms with van der Waals surface area (Å²) in [5.41, 5.74) is 1.29. The average Bonchev–Trinajstić information content (AvgIpc) is 3.04. The van der Waals surface area contributed by atoms with Crippen molar-refractivity contribution in [3.8, 4) is 0 Å². The molecule has 2 N–H and O–H groups in total. The average molecular weight is 279 g/mol. The van der Waals surface area contributed by atoms with Crippen LogP contribution >= 0.6 is 0 Å². The summed E-state index contributed by atoms with van der Waals surface area (Å²) >= 11 is 0. The van der Waals surface area contributed by atoms with E-state index >= 15 is 0 Å². The molecule has 0 spiro atoms. The quantitative estimate of drug-likeness (QED) is 0.514. The van der Waals surface area contributed by atoms with Gasteiger partial charge in [-0.15, -0.1) is 0 Å². The maximum atomic E-state index is 4.31. The predicted octanol–water partition coefficient (Wildman–Crippen LogP) is 3.22. The minimum atomic E-state index is 0.476. The van der Waals surface area contributed by atoms with Crippen molar-refractivity contribution in [3.63, 3.8) is 0 Å². The van der Waals surface area contributed by atoms with E-state index in [1.54, 1.807) is 0 Å². The molecule has 1 aliphatic rings. The van der Waals surface area contributed by atoms with E-state index in [0.29, 0.717) is 6.04 Å². The molecule has 0 aromatic heterocycles. The highest BCUT2D eigenvalue weighted by atomic mass is 15.2. The van der Waals surface area contributed by atoms with Crippen LogP contribution in [0.3, 0.4) is 0 Å². The fourth-order valence-electron chi connectivity index (χ4n) is 2.75. The maximum absolute atomic E-state index is 4.31. The van der Waals surface area contributed by atoms with E-state index in [1.165, 1.54) is 16.3 Å². The molecular weight excluding hydrogens is 258 g/mol. The van der Waals surface area contributed by atoms with E-state index in [-0.39, 0.29) is 0 Å². The van der Waals surface area contributed by atoms with Crippen LogP contribution in [-0.4, -0.2) is 19.0 Å². The molecule has 21 heavy (non-hydrogen) atoms. The number of hydrogen-bond acceptors (Lipinski definition) is 1. The van der Waals surface area contributed by atoms with Gasteiger partial charge >= 0.3 is 0 Å². The van der Waals surface area contributed by atoms with Crippen molar-refractivity contribution >= 4 is 16.7 Å². The molecule has 0 unspecified atom stereocenters. The van der Waals surface area contributed by atoms with E-state index in [9.17, 15) is 0 Å². The Balaban J connectivity index is 1.67. The standard InChI is InChI=1S/C18H21N3/c1-19-18(21-16-10-3-4-11-16)20-13-15-9-6-8-14-7-2-5-12-17(14)15/h2-9,12,16H,10-11,13H2,1H3,(H2,19,20,21). The van der Waals surface area contributed by atoms with Crippen LogP contribution in [0.25, 0.3) is 10.8 Å². The molecule has 3 rings (SSSR count). The fraction of sp³-hybridized carbons (Fsp3) is 0.278. The number of fused-ring (bicyclic) bond motifs is 1. The molecule has 0 aliphatic heterocycles. The van der Waals surface area contributed by atoms with Crippen LogP contribution < -0.4 is 10.6 Å². The second kappa shape index (κ2) is 6.44. The molecular formula is C18H21N3. The molecule has 0 amide bonds. The summed E-state index contributed by atoms with van der Waals surface area (Å²) in [5, 5.41) is 9.45. The second-order valence-corrected chi connectivity index (χ2v) is 5.35. The van der Waals surface area contributed by atoms with E-state index in [0.717, 1.165) is 25.3 Å². The predicted molar refractivity (Wildman–Crippen MR) is 89.4 cm³/mol. The lowest BCUT2D eigenvalue weighted by molar-refractivity contribution is 0.633. The zero-order valence-electron chi connectivity index (χ0n) is 12.3. The van der Waals surface area contributed by atoms with Crippen LogP contribution in [-0.2, 0) is 6.54 Å². The lowest BCUT2D eigenvalue weighted by Crippen LogP contribution is -2.42. The third-order valence-corrected chi connectivity index (χ3v) is 3.90. The van der Waals surface area contributed by atoms with E-state index in [2.05, 4.69) is 70.2 Å². The van der Waals surface area contributed by atoms with Crippen molar-refractivity contribution in [1.82, 2.24) is 10.6 Å². The minimum absolute atomic E-state index is 0.476. The molecule has 0 heterocycles. The van der Waals surface area contributed by atoms with Gasteiger partial charge in [0.2, 0.25) is 0 Å². The summed E-state index contributed by atoms with van der Waals surface area (Å²) < 4.78 is 0. The minimum Gasteiger partial charge on any atom is -0.353 e. The summed E-state index contributed by atoms with van der Waals surface area (Å²) in [5.74, 6) is 0.872. The van der Waals surface area contributed by atoms with Crippen molar-refractivity contribution < 1.29 is 0 Å². The van der Waals surface area contributed by atoms with Crippen LogP contribution in [0.5, 0.6) is 0 Å². The molecule has 1 aliphatic carbocycles. The number of nitrogens with zero attached hydrogens (tertiary/aromatic N) is 1. The highest BCUT2D eigenvalue weighted by Gasteiger charge is 2.11. The first-order chi connectivity index (χ1) is 10.4. The number of aliphatic imine (C=N–C) groups is 1. The lowest BCUT2D eigenvalue weighted by Gasteiger charge is -2.17. The van der Waals surface area contributed by atoms with Gasteiger partial charge in [0.15, 0.2) is 5.96 Å². The van der Waals surface area contributed by atoms with Crippen molar-refractivity contribution in [3.05, 3.63) is 60.2 Å². The molecule has 3 heteroatoms. The van der Waals surface area contributed by atoms with Crippen molar-refractivity contribution in [2.24, 2.45) is 4.99 Å². The van der Waals surface area contributed by atoms with E-state index < -0.39 is 0 Å². The molecule has 0 radical (unpaired) electrons. The first kappa shape index (κ1) is 13.7. The highest BCUT2D eigenvalue weighted by Crippen LogP contribution is 2.18. The zero-order valence-corrected chi connectivity index (χ0v) is 12.3. The summed E-state index contributed by atoms with van der Waals surface area (Å²) in [6.45, 7) is 0.779. The second-order valence-electron chi connectivity index (χ2n) is 5.35. The summed E-state index contributed by atoms with van der Waals surface area (Å²) in [6, 6.07) is 15.4. The molecule has 108 valence electrons. The van der Waals surface area contributed by atoms with Gasteiger partial charge in [-0.2, -0.15) is 0 Å². The zero-order chi connectivity index (χ0) is 14.5. The molecule has 0 saturated heterocycles.